The fourth-order valence-corrected chi connectivity index (χ4v) is 1.03. The van der Waals surface area contributed by atoms with Crippen LogP contribution in [0.1, 0.15) is 20.3 Å². The van der Waals surface area contributed by atoms with Crippen LogP contribution in [-0.4, -0.2) is 38.3 Å². The van der Waals surface area contributed by atoms with Gasteiger partial charge in [0, 0.05) is 20.3 Å². The first-order valence-corrected chi connectivity index (χ1v) is 5.16. The topological polar surface area (TPSA) is 38.3 Å². The highest BCUT2D eigenvalue weighted by atomic mass is 19.4. The van der Waals surface area contributed by atoms with E-state index in [9.17, 15) is 26.7 Å². The lowest BCUT2D eigenvalue weighted by molar-refractivity contribution is -0.269. The Kier molecular flexibility index (Phi) is 5.52. The van der Waals surface area contributed by atoms with Crippen molar-refractivity contribution in [3.8, 4) is 0 Å². The van der Waals surface area contributed by atoms with E-state index in [-0.39, 0.29) is 6.54 Å². The Labute approximate surface area is 102 Å². The smallest absolute Gasteiger partial charge is 0.385 e. The summed E-state index contributed by atoms with van der Waals surface area (Å²) in [5.74, 6) is -7.70. The third-order valence-electron chi connectivity index (χ3n) is 2.35. The second-order valence-corrected chi connectivity index (χ2v) is 4.66. The van der Waals surface area contributed by atoms with Gasteiger partial charge in [0.25, 0.3) is 5.91 Å². The molecule has 0 aromatic heterocycles. The van der Waals surface area contributed by atoms with Gasteiger partial charge in [-0.2, -0.15) is 22.0 Å². The first-order chi connectivity index (χ1) is 7.94. The largest absolute Gasteiger partial charge is 0.463 e. The molecule has 0 aromatic rings. The summed E-state index contributed by atoms with van der Waals surface area (Å²) in [6.07, 6.45) is -5.46. The molecule has 8 heteroatoms. The van der Waals surface area contributed by atoms with Crippen LogP contribution in [-0.2, 0) is 9.53 Å². The molecule has 0 aliphatic heterocycles. The Morgan fingerprint density at radius 3 is 2.06 bits per heavy atom. The summed E-state index contributed by atoms with van der Waals surface area (Å²) in [6.45, 7) is 3.27. The molecule has 3 nitrogen and oxygen atoms in total. The average Bonchev–Trinajstić information content (AvgIpc) is 2.21. The van der Waals surface area contributed by atoms with Crippen molar-refractivity contribution in [3.05, 3.63) is 0 Å². The number of ether oxygens (including phenoxy) is 1. The lowest BCUT2D eigenvalue weighted by Crippen LogP contribution is -2.52. The molecular formula is C10H16F5NO2. The predicted octanol–water partition coefficient (Wildman–Crippen LogP) is 2.36. The number of amides is 1. The van der Waals surface area contributed by atoms with Crippen LogP contribution < -0.4 is 5.32 Å². The molecule has 108 valence electrons. The second kappa shape index (κ2) is 5.81. The molecule has 0 unspecified atom stereocenters. The Morgan fingerprint density at radius 2 is 1.67 bits per heavy atom. The zero-order chi connectivity index (χ0) is 14.6. The zero-order valence-corrected chi connectivity index (χ0v) is 10.3. The van der Waals surface area contributed by atoms with Crippen LogP contribution in [0.3, 0.4) is 0 Å². The van der Waals surface area contributed by atoms with Gasteiger partial charge in [-0.05, 0) is 11.8 Å². The Hall–Kier alpha value is -0.920. The van der Waals surface area contributed by atoms with Gasteiger partial charge in [-0.1, -0.05) is 13.8 Å². The van der Waals surface area contributed by atoms with Gasteiger partial charge in [0.1, 0.15) is 0 Å². The first kappa shape index (κ1) is 17.1. The van der Waals surface area contributed by atoms with E-state index in [0.29, 0.717) is 13.0 Å². The van der Waals surface area contributed by atoms with E-state index in [4.69, 9.17) is 4.74 Å². The van der Waals surface area contributed by atoms with Gasteiger partial charge in [-0.15, -0.1) is 0 Å². The summed E-state index contributed by atoms with van der Waals surface area (Å²) >= 11 is 0. The summed E-state index contributed by atoms with van der Waals surface area (Å²) in [5.41, 5.74) is -0.632. The van der Waals surface area contributed by atoms with Crippen molar-refractivity contribution >= 4 is 5.91 Å². The van der Waals surface area contributed by atoms with E-state index in [1.54, 1.807) is 19.2 Å². The first-order valence-electron chi connectivity index (χ1n) is 5.16. The maximum atomic E-state index is 12.6. The van der Waals surface area contributed by atoms with Gasteiger partial charge < -0.3 is 10.1 Å². The normalized spacial score (nSPS) is 13.6. The maximum Gasteiger partial charge on any atom is 0.463 e. The van der Waals surface area contributed by atoms with E-state index in [1.165, 1.54) is 7.11 Å². The third kappa shape index (κ3) is 4.75. The van der Waals surface area contributed by atoms with E-state index < -0.39 is 23.4 Å². The third-order valence-corrected chi connectivity index (χ3v) is 2.35. The number of hydrogen-bond donors (Lipinski definition) is 1. The molecule has 0 spiro atoms. The van der Waals surface area contributed by atoms with Crippen LogP contribution in [0, 0.1) is 5.41 Å². The molecule has 0 saturated heterocycles. The molecule has 0 atom stereocenters. The predicted molar refractivity (Wildman–Crippen MR) is 54.3 cm³/mol. The van der Waals surface area contributed by atoms with E-state index >= 15 is 0 Å². The highest BCUT2D eigenvalue weighted by molar-refractivity contribution is 5.84. The van der Waals surface area contributed by atoms with Gasteiger partial charge in [-0.25, -0.2) is 0 Å². The molecule has 18 heavy (non-hydrogen) atoms. The van der Waals surface area contributed by atoms with Crippen molar-refractivity contribution in [2.45, 2.75) is 32.4 Å². The summed E-state index contributed by atoms with van der Waals surface area (Å²) in [6, 6.07) is 0. The van der Waals surface area contributed by atoms with Crippen LogP contribution in [0.25, 0.3) is 0 Å². The molecule has 0 fully saturated rings. The fourth-order valence-electron chi connectivity index (χ4n) is 1.03. The van der Waals surface area contributed by atoms with E-state index in [2.05, 4.69) is 0 Å². The molecule has 0 rings (SSSR count). The molecular weight excluding hydrogens is 261 g/mol. The molecule has 0 radical (unpaired) electrons. The fraction of sp³-hybridized carbons (Fsp3) is 0.900. The van der Waals surface area contributed by atoms with Gasteiger partial charge in [0.05, 0.1) is 0 Å². The van der Waals surface area contributed by atoms with Crippen LogP contribution in [0.5, 0.6) is 0 Å². The minimum absolute atomic E-state index is 0.291. The molecule has 0 aromatic carbocycles. The number of hydrogen-bond acceptors (Lipinski definition) is 2. The number of carbonyl (C=O) groups is 1. The maximum absolute atomic E-state index is 12.6. The minimum Gasteiger partial charge on any atom is -0.385 e. The molecule has 0 aliphatic carbocycles. The number of nitrogens with one attached hydrogen (secondary N) is 1. The van der Waals surface area contributed by atoms with Crippen LogP contribution in [0.15, 0.2) is 0 Å². The zero-order valence-electron chi connectivity index (χ0n) is 10.3. The van der Waals surface area contributed by atoms with E-state index in [1.807, 2.05) is 0 Å². The van der Waals surface area contributed by atoms with Crippen molar-refractivity contribution in [2.75, 3.05) is 20.3 Å². The standard InChI is InChI=1S/C10H16F5NO2/c1-8(2,4-5-18-3)6-16-7(17)9(11,12)10(13,14)15/h4-6H2,1-3H3,(H,16,17). The second-order valence-electron chi connectivity index (χ2n) is 4.66. The van der Waals surface area contributed by atoms with Gasteiger partial charge >= 0.3 is 12.1 Å². The van der Waals surface area contributed by atoms with Crippen LogP contribution in [0.2, 0.25) is 0 Å². The summed E-state index contributed by atoms with van der Waals surface area (Å²) in [4.78, 5) is 10.8. The van der Waals surface area contributed by atoms with Gasteiger partial charge in [-0.3, -0.25) is 4.79 Å². The highest BCUT2D eigenvalue weighted by Gasteiger charge is 2.63. The molecule has 0 heterocycles. The van der Waals surface area contributed by atoms with Crippen molar-refractivity contribution < 1.29 is 31.5 Å². The van der Waals surface area contributed by atoms with Crippen LogP contribution >= 0.6 is 0 Å². The molecule has 0 bridgehead atoms. The Balaban J connectivity index is 4.43. The number of methoxy groups -OCH3 is 1. The lowest BCUT2D eigenvalue weighted by atomic mass is 9.89. The lowest BCUT2D eigenvalue weighted by Gasteiger charge is -2.26. The number of halogens is 5. The Bertz CT molecular complexity index is 288. The monoisotopic (exact) mass is 277 g/mol. The highest BCUT2D eigenvalue weighted by Crippen LogP contribution is 2.35. The van der Waals surface area contributed by atoms with Crippen molar-refractivity contribution in [1.29, 1.82) is 0 Å². The van der Waals surface area contributed by atoms with Gasteiger partial charge in [0.15, 0.2) is 0 Å². The average molecular weight is 277 g/mol. The number of carbonyl (C=O) groups excluding carboxylic acids is 1. The number of alkyl halides is 5. The minimum atomic E-state index is -5.88. The quantitative estimate of drug-likeness (QED) is 0.757. The number of rotatable bonds is 6. The summed E-state index contributed by atoms with van der Waals surface area (Å²) in [7, 11) is 1.44. The molecule has 0 saturated carbocycles. The Morgan fingerprint density at radius 1 is 1.17 bits per heavy atom. The molecule has 1 amide bonds. The summed E-state index contributed by atoms with van der Waals surface area (Å²) < 4.78 is 65.6. The van der Waals surface area contributed by atoms with Crippen molar-refractivity contribution in [1.82, 2.24) is 5.32 Å². The van der Waals surface area contributed by atoms with Crippen molar-refractivity contribution in [2.24, 2.45) is 5.41 Å². The van der Waals surface area contributed by atoms with E-state index in [0.717, 1.165) is 0 Å². The molecule has 0 aliphatic rings. The summed E-state index contributed by atoms with van der Waals surface area (Å²) in [5, 5.41) is 1.61. The molecule has 1 N–H and O–H groups in total. The van der Waals surface area contributed by atoms with Crippen molar-refractivity contribution in [3.63, 3.8) is 0 Å². The van der Waals surface area contributed by atoms with Gasteiger partial charge in [0.2, 0.25) is 0 Å². The van der Waals surface area contributed by atoms with Crippen LogP contribution in [0.4, 0.5) is 22.0 Å². The SMILES string of the molecule is COCCC(C)(C)CNC(=O)C(F)(F)C(F)(F)F.